The van der Waals surface area contributed by atoms with Crippen molar-refractivity contribution in [2.45, 2.75) is 44.6 Å². The zero-order valence-corrected chi connectivity index (χ0v) is 14.8. The number of pyridine rings is 1. The molecule has 122 valence electrons. The summed E-state index contributed by atoms with van der Waals surface area (Å²) >= 11 is 18.1. The van der Waals surface area contributed by atoms with E-state index in [1.54, 1.807) is 12.3 Å². The molecule has 0 bridgehead atoms. The van der Waals surface area contributed by atoms with Crippen molar-refractivity contribution in [2.75, 3.05) is 5.32 Å². The van der Waals surface area contributed by atoms with E-state index in [9.17, 15) is 0 Å². The van der Waals surface area contributed by atoms with Crippen LogP contribution in [0.1, 0.15) is 38.5 Å². The Balaban J connectivity index is 1.94. The molecular weight excluding hydrogens is 355 g/mol. The highest BCUT2D eigenvalue weighted by Gasteiger charge is 2.18. The molecule has 0 radical (unpaired) electrons. The van der Waals surface area contributed by atoms with Crippen LogP contribution in [0.5, 0.6) is 0 Å². The van der Waals surface area contributed by atoms with Crippen LogP contribution in [0.25, 0.3) is 11.1 Å². The molecule has 0 aromatic carbocycles. The van der Waals surface area contributed by atoms with Gasteiger partial charge in [0.1, 0.15) is 16.1 Å². The van der Waals surface area contributed by atoms with Crippen molar-refractivity contribution in [1.82, 2.24) is 15.0 Å². The number of rotatable bonds is 3. The molecule has 23 heavy (non-hydrogen) atoms. The molecule has 0 atom stereocenters. The van der Waals surface area contributed by atoms with Crippen molar-refractivity contribution < 1.29 is 0 Å². The number of anilines is 1. The van der Waals surface area contributed by atoms with Gasteiger partial charge in [-0.1, -0.05) is 48.9 Å². The second-order valence-corrected chi connectivity index (χ2v) is 6.79. The summed E-state index contributed by atoms with van der Waals surface area (Å²) in [5.41, 5.74) is 1.52. The zero-order valence-electron chi connectivity index (χ0n) is 12.5. The van der Waals surface area contributed by atoms with Crippen molar-refractivity contribution in [3.05, 3.63) is 33.9 Å². The third-order valence-corrected chi connectivity index (χ3v) is 4.74. The first-order chi connectivity index (χ1) is 11.1. The summed E-state index contributed by atoms with van der Waals surface area (Å²) in [5, 5.41) is 4.41. The SMILES string of the molecule is Clc1ccc(-c2cnc(Cl)nc2NC2CCCCCC2)c(Cl)n1. The monoisotopic (exact) mass is 370 g/mol. The Morgan fingerprint density at radius 3 is 2.35 bits per heavy atom. The quantitative estimate of drug-likeness (QED) is 0.431. The lowest BCUT2D eigenvalue weighted by molar-refractivity contribution is 0.617. The molecule has 1 aliphatic carbocycles. The molecule has 1 aliphatic rings. The molecule has 0 unspecified atom stereocenters. The Morgan fingerprint density at radius 2 is 1.65 bits per heavy atom. The Labute approximate surface area is 150 Å². The number of halogens is 3. The molecule has 1 fully saturated rings. The summed E-state index contributed by atoms with van der Waals surface area (Å²) in [6.45, 7) is 0. The summed E-state index contributed by atoms with van der Waals surface area (Å²) in [6, 6.07) is 3.91. The van der Waals surface area contributed by atoms with Crippen LogP contribution in [0.15, 0.2) is 18.3 Å². The molecule has 2 heterocycles. The van der Waals surface area contributed by atoms with Crippen LogP contribution in [0.3, 0.4) is 0 Å². The summed E-state index contributed by atoms with van der Waals surface area (Å²) < 4.78 is 0. The summed E-state index contributed by atoms with van der Waals surface area (Å²) in [5.74, 6) is 0.697. The van der Waals surface area contributed by atoms with E-state index in [-0.39, 0.29) is 5.28 Å². The number of hydrogen-bond acceptors (Lipinski definition) is 4. The van der Waals surface area contributed by atoms with Gasteiger partial charge in [-0.2, -0.15) is 0 Å². The molecular formula is C16H17Cl3N4. The lowest BCUT2D eigenvalue weighted by atomic mass is 10.1. The van der Waals surface area contributed by atoms with Gasteiger partial charge < -0.3 is 5.32 Å². The predicted octanol–water partition coefficient (Wildman–Crippen LogP) is 5.63. The minimum atomic E-state index is 0.211. The molecule has 0 saturated heterocycles. The van der Waals surface area contributed by atoms with Gasteiger partial charge in [0.2, 0.25) is 5.28 Å². The number of nitrogens with zero attached hydrogens (tertiary/aromatic N) is 3. The highest BCUT2D eigenvalue weighted by molar-refractivity contribution is 6.34. The van der Waals surface area contributed by atoms with Crippen LogP contribution in [-0.2, 0) is 0 Å². The standard InChI is InChI=1S/C16H17Cl3N4/c17-13-8-7-11(14(18)22-13)12-9-20-16(19)23-15(12)21-10-5-3-1-2-4-6-10/h7-10H,1-6H2,(H,20,21,23). The average Bonchev–Trinajstić information content (AvgIpc) is 2.77. The van der Waals surface area contributed by atoms with Gasteiger partial charge >= 0.3 is 0 Å². The Kier molecular flexibility index (Phi) is 5.57. The summed E-state index contributed by atoms with van der Waals surface area (Å²) in [6.07, 6.45) is 8.99. The van der Waals surface area contributed by atoms with Crippen LogP contribution < -0.4 is 5.32 Å². The largest absolute Gasteiger partial charge is 0.367 e. The lowest BCUT2D eigenvalue weighted by Gasteiger charge is -2.19. The first-order valence-electron chi connectivity index (χ1n) is 7.75. The van der Waals surface area contributed by atoms with Crippen molar-refractivity contribution in [3.63, 3.8) is 0 Å². The topological polar surface area (TPSA) is 50.7 Å². The van der Waals surface area contributed by atoms with Crippen molar-refractivity contribution in [3.8, 4) is 11.1 Å². The average molecular weight is 372 g/mol. The van der Waals surface area contributed by atoms with Gasteiger partial charge in [-0.05, 0) is 36.6 Å². The molecule has 0 spiro atoms. The number of hydrogen-bond donors (Lipinski definition) is 1. The maximum Gasteiger partial charge on any atom is 0.224 e. The fourth-order valence-corrected chi connectivity index (χ4v) is 3.48. The maximum atomic E-state index is 6.23. The Morgan fingerprint density at radius 1 is 0.913 bits per heavy atom. The molecule has 1 saturated carbocycles. The Hall–Kier alpha value is -1.10. The van der Waals surface area contributed by atoms with E-state index in [1.807, 2.05) is 6.07 Å². The second-order valence-electron chi connectivity index (χ2n) is 5.71. The van der Waals surface area contributed by atoms with Crippen LogP contribution in [0.4, 0.5) is 5.82 Å². The van der Waals surface area contributed by atoms with E-state index < -0.39 is 0 Å². The summed E-state index contributed by atoms with van der Waals surface area (Å²) in [7, 11) is 0. The number of nitrogens with one attached hydrogen (secondary N) is 1. The van der Waals surface area contributed by atoms with Crippen LogP contribution >= 0.6 is 34.8 Å². The highest BCUT2D eigenvalue weighted by atomic mass is 35.5. The van der Waals surface area contributed by atoms with Gasteiger partial charge in [0.25, 0.3) is 0 Å². The minimum Gasteiger partial charge on any atom is -0.367 e. The van der Waals surface area contributed by atoms with Gasteiger partial charge in [-0.3, -0.25) is 0 Å². The highest BCUT2D eigenvalue weighted by Crippen LogP contribution is 2.33. The molecule has 2 aromatic rings. The van der Waals surface area contributed by atoms with E-state index in [2.05, 4.69) is 20.3 Å². The van der Waals surface area contributed by atoms with Crippen molar-refractivity contribution in [1.29, 1.82) is 0 Å². The minimum absolute atomic E-state index is 0.211. The molecule has 7 heteroatoms. The molecule has 0 aliphatic heterocycles. The predicted molar refractivity (Wildman–Crippen MR) is 95.4 cm³/mol. The molecule has 0 amide bonds. The lowest BCUT2D eigenvalue weighted by Crippen LogP contribution is -2.20. The fraction of sp³-hybridized carbons (Fsp3) is 0.438. The van der Waals surface area contributed by atoms with E-state index in [0.29, 0.717) is 22.2 Å². The first-order valence-corrected chi connectivity index (χ1v) is 8.88. The van der Waals surface area contributed by atoms with E-state index in [0.717, 1.165) is 24.0 Å². The third-order valence-electron chi connectivity index (χ3n) is 4.06. The maximum absolute atomic E-state index is 6.23. The normalized spacial score (nSPS) is 16.1. The van der Waals surface area contributed by atoms with Gasteiger partial charge in [0, 0.05) is 23.4 Å². The van der Waals surface area contributed by atoms with Gasteiger partial charge in [-0.15, -0.1) is 0 Å². The molecule has 4 nitrogen and oxygen atoms in total. The van der Waals surface area contributed by atoms with Crippen molar-refractivity contribution in [2.24, 2.45) is 0 Å². The fourth-order valence-electron chi connectivity index (χ4n) is 2.90. The van der Waals surface area contributed by atoms with E-state index in [1.165, 1.54) is 25.7 Å². The zero-order chi connectivity index (χ0) is 16.2. The Bertz CT molecular complexity index is 685. The van der Waals surface area contributed by atoms with Crippen molar-refractivity contribution >= 4 is 40.6 Å². The number of aromatic nitrogens is 3. The third kappa shape index (κ3) is 4.25. The van der Waals surface area contributed by atoms with Gasteiger partial charge in [0.05, 0.1) is 0 Å². The van der Waals surface area contributed by atoms with Crippen LogP contribution in [0, 0.1) is 0 Å². The van der Waals surface area contributed by atoms with Crippen LogP contribution in [0.2, 0.25) is 15.6 Å². The first kappa shape index (κ1) is 16.7. The van der Waals surface area contributed by atoms with Crippen LogP contribution in [-0.4, -0.2) is 21.0 Å². The van der Waals surface area contributed by atoms with E-state index in [4.69, 9.17) is 34.8 Å². The summed E-state index contributed by atoms with van der Waals surface area (Å²) in [4.78, 5) is 12.5. The van der Waals surface area contributed by atoms with Gasteiger partial charge in [-0.25, -0.2) is 15.0 Å². The molecule has 3 rings (SSSR count). The smallest absolute Gasteiger partial charge is 0.224 e. The molecule has 2 aromatic heterocycles. The second kappa shape index (κ2) is 7.65. The molecule has 1 N–H and O–H groups in total. The van der Waals surface area contributed by atoms with Gasteiger partial charge in [0.15, 0.2) is 0 Å². The van der Waals surface area contributed by atoms with E-state index >= 15 is 0 Å².